The SMILES string of the molecule is C=CCN1C(=O)C(Nc2ccccc2C)=C(c2ccc(Cl)cc2)C1=O. The molecule has 2 aromatic carbocycles. The molecular weight excluding hydrogens is 336 g/mol. The predicted molar refractivity (Wildman–Crippen MR) is 100 cm³/mol. The van der Waals surface area contributed by atoms with Gasteiger partial charge in [-0.05, 0) is 36.2 Å². The molecule has 1 N–H and O–H groups in total. The summed E-state index contributed by atoms with van der Waals surface area (Å²) in [5.41, 5.74) is 3.01. The number of nitrogens with zero attached hydrogens (tertiary/aromatic N) is 1. The van der Waals surface area contributed by atoms with Crippen molar-refractivity contribution in [2.75, 3.05) is 11.9 Å². The highest BCUT2D eigenvalue weighted by Crippen LogP contribution is 2.31. The van der Waals surface area contributed by atoms with E-state index in [4.69, 9.17) is 11.6 Å². The number of imide groups is 1. The van der Waals surface area contributed by atoms with Crippen LogP contribution in [0.5, 0.6) is 0 Å². The van der Waals surface area contributed by atoms with Crippen LogP contribution in [-0.4, -0.2) is 23.3 Å². The molecule has 0 fully saturated rings. The maximum atomic E-state index is 12.8. The number of halogens is 1. The third-order valence-electron chi connectivity index (χ3n) is 4.02. The largest absolute Gasteiger partial charge is 0.350 e. The van der Waals surface area contributed by atoms with Gasteiger partial charge in [0.25, 0.3) is 11.8 Å². The van der Waals surface area contributed by atoms with E-state index in [2.05, 4.69) is 11.9 Å². The van der Waals surface area contributed by atoms with Crippen LogP contribution in [0.1, 0.15) is 11.1 Å². The summed E-state index contributed by atoms with van der Waals surface area (Å²) in [6.45, 7) is 5.72. The average molecular weight is 353 g/mol. The molecule has 0 bridgehead atoms. The van der Waals surface area contributed by atoms with Crippen molar-refractivity contribution in [3.8, 4) is 0 Å². The van der Waals surface area contributed by atoms with Gasteiger partial charge in [0.1, 0.15) is 5.70 Å². The van der Waals surface area contributed by atoms with E-state index in [9.17, 15) is 9.59 Å². The van der Waals surface area contributed by atoms with Crippen LogP contribution in [0.15, 0.2) is 66.9 Å². The van der Waals surface area contributed by atoms with Crippen molar-refractivity contribution in [3.05, 3.63) is 83.0 Å². The van der Waals surface area contributed by atoms with E-state index in [1.807, 2.05) is 31.2 Å². The molecular formula is C20H17ClN2O2. The Hall–Kier alpha value is -2.85. The van der Waals surface area contributed by atoms with Crippen LogP contribution in [0, 0.1) is 6.92 Å². The van der Waals surface area contributed by atoms with Gasteiger partial charge in [0.15, 0.2) is 0 Å². The van der Waals surface area contributed by atoms with Crippen LogP contribution < -0.4 is 5.32 Å². The number of para-hydroxylation sites is 1. The van der Waals surface area contributed by atoms with Gasteiger partial charge in [0, 0.05) is 17.3 Å². The van der Waals surface area contributed by atoms with Crippen LogP contribution in [0.3, 0.4) is 0 Å². The number of benzene rings is 2. The second kappa shape index (κ2) is 6.95. The smallest absolute Gasteiger partial charge is 0.278 e. The Kier molecular flexibility index (Phi) is 4.72. The molecule has 5 heteroatoms. The average Bonchev–Trinajstić information content (AvgIpc) is 2.83. The zero-order chi connectivity index (χ0) is 18.0. The van der Waals surface area contributed by atoms with E-state index < -0.39 is 0 Å². The Morgan fingerprint density at radius 3 is 2.40 bits per heavy atom. The van der Waals surface area contributed by atoms with Gasteiger partial charge in [-0.25, -0.2) is 0 Å². The fourth-order valence-electron chi connectivity index (χ4n) is 2.72. The summed E-state index contributed by atoms with van der Waals surface area (Å²) >= 11 is 5.94. The highest BCUT2D eigenvalue weighted by Gasteiger charge is 2.38. The monoisotopic (exact) mass is 352 g/mol. The van der Waals surface area contributed by atoms with Crippen LogP contribution in [0.2, 0.25) is 5.02 Å². The molecule has 1 aliphatic heterocycles. The highest BCUT2D eigenvalue weighted by atomic mass is 35.5. The van der Waals surface area contributed by atoms with Crippen LogP contribution in [-0.2, 0) is 9.59 Å². The summed E-state index contributed by atoms with van der Waals surface area (Å²) in [5.74, 6) is -0.707. The van der Waals surface area contributed by atoms with Gasteiger partial charge in [-0.2, -0.15) is 0 Å². The quantitative estimate of drug-likeness (QED) is 0.653. The number of carbonyl (C=O) groups is 2. The number of amides is 2. The van der Waals surface area contributed by atoms with Crippen LogP contribution >= 0.6 is 11.6 Å². The normalized spacial score (nSPS) is 14.2. The summed E-state index contributed by atoms with van der Waals surface area (Å²) in [4.78, 5) is 26.8. The Labute approximate surface area is 151 Å². The first kappa shape index (κ1) is 17.0. The van der Waals surface area contributed by atoms with Crippen molar-refractivity contribution in [2.24, 2.45) is 0 Å². The summed E-state index contributed by atoms with van der Waals surface area (Å²) < 4.78 is 0. The molecule has 0 atom stereocenters. The lowest BCUT2D eigenvalue weighted by atomic mass is 10.0. The lowest BCUT2D eigenvalue weighted by molar-refractivity contribution is -0.136. The van der Waals surface area contributed by atoms with Crippen molar-refractivity contribution >= 4 is 34.7 Å². The first-order chi connectivity index (χ1) is 12.0. The number of hydrogen-bond acceptors (Lipinski definition) is 3. The maximum absolute atomic E-state index is 12.8. The minimum Gasteiger partial charge on any atom is -0.350 e. The van der Waals surface area contributed by atoms with Gasteiger partial charge in [0.05, 0.1) is 5.57 Å². The zero-order valence-electron chi connectivity index (χ0n) is 13.8. The molecule has 2 amide bonds. The van der Waals surface area contributed by atoms with Gasteiger partial charge in [0.2, 0.25) is 0 Å². The number of hydrogen-bond donors (Lipinski definition) is 1. The first-order valence-electron chi connectivity index (χ1n) is 7.83. The van der Waals surface area contributed by atoms with Crippen molar-refractivity contribution in [1.82, 2.24) is 4.90 Å². The van der Waals surface area contributed by atoms with Crippen molar-refractivity contribution in [2.45, 2.75) is 6.92 Å². The van der Waals surface area contributed by atoms with E-state index in [0.717, 1.165) is 11.3 Å². The lowest BCUT2D eigenvalue weighted by Crippen LogP contribution is -2.32. The second-order valence-electron chi connectivity index (χ2n) is 5.71. The predicted octanol–water partition coefficient (Wildman–Crippen LogP) is 4.03. The van der Waals surface area contributed by atoms with E-state index in [0.29, 0.717) is 16.2 Å². The van der Waals surface area contributed by atoms with Gasteiger partial charge in [-0.15, -0.1) is 6.58 Å². The van der Waals surface area contributed by atoms with Gasteiger partial charge in [-0.1, -0.05) is 48.0 Å². The van der Waals surface area contributed by atoms with Gasteiger partial charge < -0.3 is 5.32 Å². The lowest BCUT2D eigenvalue weighted by Gasteiger charge is -2.13. The molecule has 0 saturated heterocycles. The van der Waals surface area contributed by atoms with Crippen molar-refractivity contribution in [3.63, 3.8) is 0 Å². The Morgan fingerprint density at radius 1 is 1.08 bits per heavy atom. The highest BCUT2D eigenvalue weighted by molar-refractivity contribution is 6.37. The van der Waals surface area contributed by atoms with Crippen molar-refractivity contribution < 1.29 is 9.59 Å². The molecule has 126 valence electrons. The molecule has 2 aromatic rings. The summed E-state index contributed by atoms with van der Waals surface area (Å²) in [5, 5.41) is 3.71. The Balaban J connectivity index is 2.10. The molecule has 0 spiro atoms. The van der Waals surface area contributed by atoms with Gasteiger partial charge >= 0.3 is 0 Å². The van der Waals surface area contributed by atoms with E-state index in [-0.39, 0.29) is 24.1 Å². The summed E-state index contributed by atoms with van der Waals surface area (Å²) in [6, 6.07) is 14.5. The Morgan fingerprint density at radius 2 is 1.76 bits per heavy atom. The molecule has 3 rings (SSSR count). The molecule has 0 saturated carbocycles. The molecule has 1 heterocycles. The zero-order valence-corrected chi connectivity index (χ0v) is 14.5. The number of aryl methyl sites for hydroxylation is 1. The fraction of sp³-hybridized carbons (Fsp3) is 0.100. The molecule has 0 unspecified atom stereocenters. The van der Waals surface area contributed by atoms with E-state index in [1.165, 1.54) is 11.0 Å². The number of nitrogens with one attached hydrogen (secondary N) is 1. The van der Waals surface area contributed by atoms with Crippen LogP contribution in [0.4, 0.5) is 5.69 Å². The maximum Gasteiger partial charge on any atom is 0.278 e. The number of anilines is 1. The van der Waals surface area contributed by atoms with E-state index in [1.54, 1.807) is 24.3 Å². The minimum absolute atomic E-state index is 0.160. The topological polar surface area (TPSA) is 49.4 Å². The number of rotatable bonds is 5. The number of carbonyl (C=O) groups excluding carboxylic acids is 2. The van der Waals surface area contributed by atoms with Crippen molar-refractivity contribution in [1.29, 1.82) is 0 Å². The molecule has 4 nitrogen and oxygen atoms in total. The second-order valence-corrected chi connectivity index (χ2v) is 6.14. The minimum atomic E-state index is -0.363. The first-order valence-corrected chi connectivity index (χ1v) is 8.20. The third kappa shape index (κ3) is 3.21. The third-order valence-corrected chi connectivity index (χ3v) is 4.27. The van der Waals surface area contributed by atoms with Gasteiger partial charge in [-0.3, -0.25) is 14.5 Å². The standard InChI is InChI=1S/C20H17ClN2O2/c1-3-12-23-19(24)17(14-8-10-15(21)11-9-14)18(20(23)25)22-16-7-5-4-6-13(16)2/h3-11,22H,1,12H2,2H3. The summed E-state index contributed by atoms with van der Waals surface area (Å²) in [6.07, 6.45) is 1.53. The molecule has 1 aliphatic rings. The fourth-order valence-corrected chi connectivity index (χ4v) is 2.85. The molecule has 0 aliphatic carbocycles. The summed E-state index contributed by atoms with van der Waals surface area (Å²) in [7, 11) is 0. The molecule has 25 heavy (non-hydrogen) atoms. The molecule has 0 aromatic heterocycles. The van der Waals surface area contributed by atoms with Crippen LogP contribution in [0.25, 0.3) is 5.57 Å². The molecule has 0 radical (unpaired) electrons. The van der Waals surface area contributed by atoms with E-state index >= 15 is 0 Å². The Bertz CT molecular complexity index is 885.